The highest BCUT2D eigenvalue weighted by Gasteiger charge is 1.98. The lowest BCUT2D eigenvalue weighted by Crippen LogP contribution is -2.09. The van der Waals surface area contributed by atoms with Gasteiger partial charge in [0.1, 0.15) is 0 Å². The Hall–Kier alpha value is -2.10. The van der Waals surface area contributed by atoms with E-state index in [4.69, 9.17) is 0 Å². The van der Waals surface area contributed by atoms with Crippen molar-refractivity contribution < 1.29 is 14.3 Å². The maximum Gasteiger partial charge on any atom is 0.330 e. The average Bonchev–Trinajstić information content (AvgIpc) is 2.28. The summed E-state index contributed by atoms with van der Waals surface area (Å²) in [6.45, 7) is 2.00. The Kier molecular flexibility index (Phi) is 4.79. The summed E-state index contributed by atoms with van der Waals surface area (Å²) in [6, 6.07) is 8.99. The molecule has 16 heavy (non-hydrogen) atoms. The highest BCUT2D eigenvalue weighted by Crippen LogP contribution is 2.04. The van der Waals surface area contributed by atoms with E-state index < -0.39 is 5.97 Å². The van der Waals surface area contributed by atoms with Gasteiger partial charge in [0.05, 0.1) is 6.61 Å². The molecule has 0 aromatic heterocycles. The van der Waals surface area contributed by atoms with Crippen LogP contribution in [-0.2, 0) is 14.3 Å². The Bertz CT molecular complexity index is 385. The molecule has 4 heteroatoms. The fourth-order valence-corrected chi connectivity index (χ4v) is 1.04. The second kappa shape index (κ2) is 6.40. The molecule has 1 aromatic carbocycles. The van der Waals surface area contributed by atoms with Crippen LogP contribution in [0, 0.1) is 0 Å². The molecule has 84 valence electrons. The van der Waals surface area contributed by atoms with Gasteiger partial charge in [-0.15, -0.1) is 0 Å². The van der Waals surface area contributed by atoms with E-state index in [1.807, 2.05) is 18.2 Å². The van der Waals surface area contributed by atoms with Crippen LogP contribution in [0.1, 0.15) is 6.92 Å². The summed E-state index contributed by atoms with van der Waals surface area (Å²) in [6.07, 6.45) is 2.24. The molecule has 0 unspecified atom stereocenters. The number of hydrogen-bond donors (Lipinski definition) is 1. The topological polar surface area (TPSA) is 55.4 Å². The number of nitrogens with one attached hydrogen (secondary N) is 1. The first-order valence-corrected chi connectivity index (χ1v) is 4.93. The van der Waals surface area contributed by atoms with E-state index in [1.165, 1.54) is 0 Å². The van der Waals surface area contributed by atoms with Crippen LogP contribution in [0.5, 0.6) is 0 Å². The summed E-state index contributed by atoms with van der Waals surface area (Å²) in [5, 5.41) is 2.61. The van der Waals surface area contributed by atoms with Crippen molar-refractivity contribution in [2.75, 3.05) is 11.9 Å². The Morgan fingerprint density at radius 3 is 2.56 bits per heavy atom. The highest BCUT2D eigenvalue weighted by atomic mass is 16.5. The van der Waals surface area contributed by atoms with Crippen LogP contribution < -0.4 is 5.32 Å². The second-order valence-electron chi connectivity index (χ2n) is 2.94. The Labute approximate surface area is 93.9 Å². The van der Waals surface area contributed by atoms with Gasteiger partial charge in [-0.2, -0.15) is 0 Å². The van der Waals surface area contributed by atoms with E-state index in [2.05, 4.69) is 10.1 Å². The van der Waals surface area contributed by atoms with Crippen LogP contribution in [0.2, 0.25) is 0 Å². The number of hydrogen-bond acceptors (Lipinski definition) is 3. The number of carbonyl (C=O) groups is 2. The zero-order chi connectivity index (χ0) is 11.8. The third-order valence-electron chi connectivity index (χ3n) is 1.70. The summed E-state index contributed by atoms with van der Waals surface area (Å²) in [7, 11) is 0. The molecule has 0 saturated carbocycles. The number of amides is 1. The summed E-state index contributed by atoms with van der Waals surface area (Å²) in [5.74, 6) is -0.884. The molecular weight excluding hydrogens is 206 g/mol. The largest absolute Gasteiger partial charge is 0.463 e. The van der Waals surface area contributed by atoms with Gasteiger partial charge in [0.15, 0.2) is 0 Å². The van der Waals surface area contributed by atoms with Gasteiger partial charge < -0.3 is 10.1 Å². The molecular formula is C12H13NO3. The summed E-state index contributed by atoms with van der Waals surface area (Å²) in [4.78, 5) is 22.2. The summed E-state index contributed by atoms with van der Waals surface area (Å²) in [5.41, 5.74) is 0.681. The number of para-hydroxylation sites is 1. The maximum absolute atomic E-state index is 11.3. The molecule has 1 rings (SSSR count). The molecule has 1 N–H and O–H groups in total. The molecule has 0 bridgehead atoms. The molecule has 0 atom stereocenters. The Balaban J connectivity index is 2.45. The first kappa shape index (κ1) is 12.0. The third-order valence-corrected chi connectivity index (χ3v) is 1.70. The SMILES string of the molecule is CCOC(=O)C=CC(=O)Nc1ccccc1. The Morgan fingerprint density at radius 1 is 1.25 bits per heavy atom. The van der Waals surface area contributed by atoms with Crippen LogP contribution in [0.15, 0.2) is 42.5 Å². The van der Waals surface area contributed by atoms with Crippen molar-refractivity contribution in [1.82, 2.24) is 0 Å². The molecule has 0 aliphatic carbocycles. The van der Waals surface area contributed by atoms with E-state index in [1.54, 1.807) is 19.1 Å². The van der Waals surface area contributed by atoms with Crippen LogP contribution in [-0.4, -0.2) is 18.5 Å². The van der Waals surface area contributed by atoms with Crippen molar-refractivity contribution in [3.63, 3.8) is 0 Å². The van der Waals surface area contributed by atoms with E-state index in [0.717, 1.165) is 12.2 Å². The monoisotopic (exact) mass is 219 g/mol. The number of benzene rings is 1. The van der Waals surface area contributed by atoms with Gasteiger partial charge in [-0.05, 0) is 19.1 Å². The summed E-state index contributed by atoms with van der Waals surface area (Å²) < 4.78 is 4.64. The van der Waals surface area contributed by atoms with Crippen molar-refractivity contribution >= 4 is 17.6 Å². The number of anilines is 1. The lowest BCUT2D eigenvalue weighted by atomic mass is 10.3. The van der Waals surface area contributed by atoms with E-state index in [9.17, 15) is 9.59 Å². The standard InChI is InChI=1S/C12H13NO3/c1-2-16-12(15)9-8-11(14)13-10-6-4-3-5-7-10/h3-9H,2H2,1H3,(H,13,14). The van der Waals surface area contributed by atoms with E-state index >= 15 is 0 Å². The van der Waals surface area contributed by atoms with Crippen molar-refractivity contribution in [2.24, 2.45) is 0 Å². The molecule has 0 aliphatic rings. The van der Waals surface area contributed by atoms with E-state index in [-0.39, 0.29) is 5.91 Å². The first-order valence-electron chi connectivity index (χ1n) is 4.93. The predicted octanol–water partition coefficient (Wildman–Crippen LogP) is 1.74. The molecule has 0 fully saturated rings. The van der Waals surface area contributed by atoms with Crippen LogP contribution >= 0.6 is 0 Å². The fourth-order valence-electron chi connectivity index (χ4n) is 1.04. The lowest BCUT2D eigenvalue weighted by molar-refractivity contribution is -0.137. The number of ether oxygens (including phenoxy) is 1. The molecule has 4 nitrogen and oxygen atoms in total. The highest BCUT2D eigenvalue weighted by molar-refractivity contribution is 6.02. The van der Waals surface area contributed by atoms with Gasteiger partial charge in [-0.1, -0.05) is 18.2 Å². The van der Waals surface area contributed by atoms with Gasteiger partial charge in [0.2, 0.25) is 5.91 Å². The second-order valence-corrected chi connectivity index (χ2v) is 2.94. The van der Waals surface area contributed by atoms with Crippen LogP contribution in [0.4, 0.5) is 5.69 Å². The maximum atomic E-state index is 11.3. The molecule has 0 aliphatic heterocycles. The molecule has 0 spiro atoms. The molecule has 0 radical (unpaired) electrons. The minimum atomic E-state index is -0.522. The minimum Gasteiger partial charge on any atom is -0.463 e. The fraction of sp³-hybridized carbons (Fsp3) is 0.167. The van der Waals surface area contributed by atoms with Crippen molar-refractivity contribution in [3.8, 4) is 0 Å². The van der Waals surface area contributed by atoms with Crippen molar-refractivity contribution in [3.05, 3.63) is 42.5 Å². The lowest BCUT2D eigenvalue weighted by Gasteiger charge is -2.00. The van der Waals surface area contributed by atoms with E-state index in [0.29, 0.717) is 12.3 Å². The van der Waals surface area contributed by atoms with Gasteiger partial charge in [-0.25, -0.2) is 4.79 Å². The van der Waals surface area contributed by atoms with Gasteiger partial charge in [0.25, 0.3) is 0 Å². The minimum absolute atomic E-state index is 0.295. The first-order chi connectivity index (χ1) is 7.72. The normalized spacial score (nSPS) is 10.1. The number of esters is 1. The quantitative estimate of drug-likeness (QED) is 0.620. The summed E-state index contributed by atoms with van der Waals surface area (Å²) >= 11 is 0. The van der Waals surface area contributed by atoms with Crippen molar-refractivity contribution in [1.29, 1.82) is 0 Å². The van der Waals surface area contributed by atoms with Crippen molar-refractivity contribution in [2.45, 2.75) is 6.92 Å². The van der Waals surface area contributed by atoms with Gasteiger partial charge in [-0.3, -0.25) is 4.79 Å². The molecule has 0 heterocycles. The van der Waals surface area contributed by atoms with Crippen LogP contribution in [0.25, 0.3) is 0 Å². The number of rotatable bonds is 4. The Morgan fingerprint density at radius 2 is 1.94 bits per heavy atom. The average molecular weight is 219 g/mol. The smallest absolute Gasteiger partial charge is 0.330 e. The third kappa shape index (κ3) is 4.41. The van der Waals surface area contributed by atoms with Gasteiger partial charge in [0, 0.05) is 17.8 Å². The van der Waals surface area contributed by atoms with Gasteiger partial charge >= 0.3 is 5.97 Å². The zero-order valence-corrected chi connectivity index (χ0v) is 8.97. The zero-order valence-electron chi connectivity index (χ0n) is 8.97. The molecule has 1 aromatic rings. The predicted molar refractivity (Wildman–Crippen MR) is 60.8 cm³/mol. The number of carbonyl (C=O) groups excluding carboxylic acids is 2. The molecule has 1 amide bonds. The van der Waals surface area contributed by atoms with Crippen LogP contribution in [0.3, 0.4) is 0 Å². The molecule has 0 saturated heterocycles.